The van der Waals surface area contributed by atoms with Crippen molar-refractivity contribution in [1.82, 2.24) is 9.97 Å². The first-order valence-corrected chi connectivity index (χ1v) is 4.93. The van der Waals surface area contributed by atoms with E-state index in [4.69, 9.17) is 5.73 Å². The highest BCUT2D eigenvalue weighted by atomic mass is 16.1. The Balaban J connectivity index is 2.87. The Morgan fingerprint density at radius 2 is 2.25 bits per heavy atom. The number of anilines is 1. The van der Waals surface area contributed by atoms with Crippen LogP contribution in [0, 0.1) is 6.92 Å². The van der Waals surface area contributed by atoms with E-state index in [2.05, 4.69) is 15.3 Å². The maximum Gasteiger partial charge on any atom is 0.252 e. The highest BCUT2D eigenvalue weighted by Crippen LogP contribution is 2.14. The van der Waals surface area contributed by atoms with Crippen LogP contribution in [0.25, 0.3) is 0 Å². The number of carbonyl (C=O) groups is 1. The van der Waals surface area contributed by atoms with Crippen molar-refractivity contribution in [2.24, 2.45) is 5.73 Å². The molecule has 0 bridgehead atoms. The van der Waals surface area contributed by atoms with Gasteiger partial charge in [0, 0.05) is 18.0 Å². The van der Waals surface area contributed by atoms with Gasteiger partial charge in [-0.25, -0.2) is 4.98 Å². The van der Waals surface area contributed by atoms with E-state index in [0.717, 1.165) is 0 Å². The minimum absolute atomic E-state index is 0.167. The fraction of sp³-hybridized carbons (Fsp3) is 0.500. The van der Waals surface area contributed by atoms with Crippen LogP contribution in [0.5, 0.6) is 0 Å². The van der Waals surface area contributed by atoms with Crippen molar-refractivity contribution in [2.75, 3.05) is 5.32 Å². The van der Waals surface area contributed by atoms with E-state index in [-0.39, 0.29) is 12.0 Å². The third-order valence-corrected chi connectivity index (χ3v) is 1.94. The van der Waals surface area contributed by atoms with Gasteiger partial charge in [-0.3, -0.25) is 9.59 Å². The van der Waals surface area contributed by atoms with Crippen molar-refractivity contribution >= 4 is 11.7 Å². The average molecular weight is 224 g/mol. The summed E-state index contributed by atoms with van der Waals surface area (Å²) in [5.74, 6) is 0.552. The molecule has 0 spiro atoms. The highest BCUT2D eigenvalue weighted by Gasteiger charge is 2.20. The molecule has 1 aromatic rings. The van der Waals surface area contributed by atoms with Crippen molar-refractivity contribution in [1.29, 1.82) is 0 Å². The normalized spacial score (nSPS) is 11.2. The Morgan fingerprint density at radius 3 is 2.75 bits per heavy atom. The molecule has 0 saturated heterocycles. The molecule has 1 heterocycles. The molecule has 6 nitrogen and oxygen atoms in total. The summed E-state index contributed by atoms with van der Waals surface area (Å²) in [6.07, 6.45) is 0.167. The quantitative estimate of drug-likeness (QED) is 0.677. The van der Waals surface area contributed by atoms with Crippen molar-refractivity contribution in [3.63, 3.8) is 0 Å². The van der Waals surface area contributed by atoms with Gasteiger partial charge in [0.15, 0.2) is 0 Å². The molecule has 88 valence electrons. The van der Waals surface area contributed by atoms with Gasteiger partial charge in [0.1, 0.15) is 11.6 Å². The van der Waals surface area contributed by atoms with Crippen LogP contribution in [0.2, 0.25) is 0 Å². The molecule has 6 heteroatoms. The average Bonchev–Trinajstić information content (AvgIpc) is 1.95. The second-order valence-corrected chi connectivity index (χ2v) is 4.37. The molecule has 0 unspecified atom stereocenters. The molecule has 4 N–H and O–H groups in total. The number of H-pyrrole nitrogens is 1. The summed E-state index contributed by atoms with van der Waals surface area (Å²) in [5.41, 5.74) is 4.36. The van der Waals surface area contributed by atoms with E-state index in [1.54, 1.807) is 6.92 Å². The standard InChI is InChI=1S/C10H16N4O2/c1-6-12-8(4-9(16)13-6)14-10(2,3)5-7(11)15/h4H,5H2,1-3H3,(H2,11,15)(H2,12,13,14,16). The second-order valence-electron chi connectivity index (χ2n) is 4.37. The largest absolute Gasteiger partial charge is 0.370 e. The SMILES string of the molecule is Cc1nc(NC(C)(C)CC(N)=O)cc(=O)[nH]1. The number of nitrogens with two attached hydrogens (primary N) is 1. The van der Waals surface area contributed by atoms with Crippen LogP contribution in [0.4, 0.5) is 5.82 Å². The number of hydrogen-bond acceptors (Lipinski definition) is 4. The first-order chi connectivity index (χ1) is 7.28. The van der Waals surface area contributed by atoms with E-state index in [9.17, 15) is 9.59 Å². The molecule has 1 aromatic heterocycles. The van der Waals surface area contributed by atoms with Crippen LogP contribution in [0.3, 0.4) is 0 Å². The van der Waals surface area contributed by atoms with Crippen molar-refractivity contribution in [3.8, 4) is 0 Å². The van der Waals surface area contributed by atoms with E-state index in [1.807, 2.05) is 13.8 Å². The highest BCUT2D eigenvalue weighted by molar-refractivity contribution is 5.75. The number of amides is 1. The maximum absolute atomic E-state index is 11.2. The predicted molar refractivity (Wildman–Crippen MR) is 61.1 cm³/mol. The lowest BCUT2D eigenvalue weighted by molar-refractivity contribution is -0.118. The van der Waals surface area contributed by atoms with Crippen molar-refractivity contribution in [3.05, 3.63) is 22.2 Å². The van der Waals surface area contributed by atoms with Gasteiger partial charge in [-0.2, -0.15) is 0 Å². The first kappa shape index (κ1) is 12.2. The van der Waals surface area contributed by atoms with Crippen LogP contribution in [-0.4, -0.2) is 21.4 Å². The van der Waals surface area contributed by atoms with E-state index in [0.29, 0.717) is 11.6 Å². The zero-order chi connectivity index (χ0) is 12.3. The Bertz CT molecular complexity index is 450. The van der Waals surface area contributed by atoms with Gasteiger partial charge in [-0.15, -0.1) is 0 Å². The van der Waals surface area contributed by atoms with Crippen LogP contribution in [-0.2, 0) is 4.79 Å². The third kappa shape index (κ3) is 3.72. The van der Waals surface area contributed by atoms with E-state index >= 15 is 0 Å². The second kappa shape index (κ2) is 4.34. The first-order valence-electron chi connectivity index (χ1n) is 4.93. The number of nitrogens with one attached hydrogen (secondary N) is 2. The summed E-state index contributed by atoms with van der Waals surface area (Å²) in [5, 5.41) is 3.00. The van der Waals surface area contributed by atoms with Crippen LogP contribution in [0.15, 0.2) is 10.9 Å². The van der Waals surface area contributed by atoms with Gasteiger partial charge in [0.2, 0.25) is 5.91 Å². The molecule has 16 heavy (non-hydrogen) atoms. The van der Waals surface area contributed by atoms with Gasteiger partial charge in [-0.05, 0) is 20.8 Å². The topological polar surface area (TPSA) is 101 Å². The van der Waals surface area contributed by atoms with Crippen LogP contribution >= 0.6 is 0 Å². The van der Waals surface area contributed by atoms with Crippen LogP contribution < -0.4 is 16.6 Å². The zero-order valence-electron chi connectivity index (χ0n) is 9.63. The summed E-state index contributed by atoms with van der Waals surface area (Å²) < 4.78 is 0. The lowest BCUT2D eigenvalue weighted by atomic mass is 10.0. The number of aromatic amines is 1. The number of primary amides is 1. The monoisotopic (exact) mass is 224 g/mol. The molecule has 0 aliphatic rings. The molecule has 0 saturated carbocycles. The van der Waals surface area contributed by atoms with Crippen molar-refractivity contribution in [2.45, 2.75) is 32.7 Å². The van der Waals surface area contributed by atoms with Gasteiger partial charge >= 0.3 is 0 Å². The molecule has 0 atom stereocenters. The minimum atomic E-state index is -0.529. The summed E-state index contributed by atoms with van der Waals surface area (Å²) >= 11 is 0. The van der Waals surface area contributed by atoms with E-state index < -0.39 is 11.4 Å². The number of carbonyl (C=O) groups excluding carboxylic acids is 1. The maximum atomic E-state index is 11.2. The summed E-state index contributed by atoms with van der Waals surface area (Å²) in [6, 6.07) is 1.34. The lowest BCUT2D eigenvalue weighted by Gasteiger charge is -2.25. The molecule has 0 aliphatic heterocycles. The molecule has 0 radical (unpaired) electrons. The lowest BCUT2D eigenvalue weighted by Crippen LogP contribution is -2.36. The number of aryl methyl sites for hydroxylation is 1. The van der Waals surface area contributed by atoms with Crippen molar-refractivity contribution < 1.29 is 4.79 Å². The molecule has 0 fully saturated rings. The molecule has 1 rings (SSSR count). The van der Waals surface area contributed by atoms with Crippen LogP contribution in [0.1, 0.15) is 26.1 Å². The van der Waals surface area contributed by atoms with Gasteiger partial charge in [0.05, 0.1) is 0 Å². The molecule has 0 aliphatic carbocycles. The third-order valence-electron chi connectivity index (χ3n) is 1.94. The number of rotatable bonds is 4. The fourth-order valence-corrected chi connectivity index (χ4v) is 1.47. The fourth-order valence-electron chi connectivity index (χ4n) is 1.47. The summed E-state index contributed by atoms with van der Waals surface area (Å²) in [4.78, 5) is 28.7. The molecular weight excluding hydrogens is 208 g/mol. The Morgan fingerprint density at radius 1 is 1.62 bits per heavy atom. The Kier molecular flexibility index (Phi) is 3.31. The number of nitrogens with zero attached hydrogens (tertiary/aromatic N) is 1. The molecule has 0 aromatic carbocycles. The molecular formula is C10H16N4O2. The predicted octanol–water partition coefficient (Wildman–Crippen LogP) is 0.144. The van der Waals surface area contributed by atoms with Gasteiger partial charge in [0.25, 0.3) is 5.56 Å². The minimum Gasteiger partial charge on any atom is -0.370 e. The van der Waals surface area contributed by atoms with E-state index in [1.165, 1.54) is 6.07 Å². The Hall–Kier alpha value is -1.85. The number of aromatic nitrogens is 2. The van der Waals surface area contributed by atoms with Gasteiger partial charge < -0.3 is 16.0 Å². The Labute approximate surface area is 93.3 Å². The summed E-state index contributed by atoms with van der Waals surface area (Å²) in [6.45, 7) is 5.32. The number of hydrogen-bond donors (Lipinski definition) is 3. The van der Waals surface area contributed by atoms with Gasteiger partial charge in [-0.1, -0.05) is 0 Å². The molecule has 1 amide bonds. The summed E-state index contributed by atoms with van der Waals surface area (Å²) in [7, 11) is 0. The zero-order valence-corrected chi connectivity index (χ0v) is 9.63. The smallest absolute Gasteiger partial charge is 0.252 e.